The number of benzene rings is 2. The monoisotopic (exact) mass is 548 g/mol. The van der Waals surface area contributed by atoms with E-state index in [1.165, 1.54) is 18.3 Å². The number of hydrogen-bond donors (Lipinski definition) is 4. The van der Waals surface area contributed by atoms with E-state index in [1.54, 1.807) is 0 Å². The van der Waals surface area contributed by atoms with Gasteiger partial charge in [-0.1, -0.05) is 0 Å². The molecule has 0 saturated heterocycles. The molecule has 188 valence electrons. The number of phenols is 1. The van der Waals surface area contributed by atoms with Crippen LogP contribution in [-0.2, 0) is 34.5 Å². The summed E-state index contributed by atoms with van der Waals surface area (Å²) in [4.78, 5) is 11.8. The van der Waals surface area contributed by atoms with Crippen molar-refractivity contribution in [1.82, 2.24) is 9.78 Å². The molecular weight excluding hydrogens is 532 g/mol. The van der Waals surface area contributed by atoms with Crippen molar-refractivity contribution in [3.05, 3.63) is 59.0 Å². The molecule has 18 heteroatoms. The third-order valence-corrected chi connectivity index (χ3v) is 7.31. The summed E-state index contributed by atoms with van der Waals surface area (Å²) in [6, 6.07) is 7.67. The van der Waals surface area contributed by atoms with Crippen molar-refractivity contribution < 1.29 is 43.6 Å². The fourth-order valence-corrected chi connectivity index (χ4v) is 4.63. The van der Waals surface area contributed by atoms with Gasteiger partial charge in [0.2, 0.25) is 0 Å². The third kappa shape index (κ3) is 6.59. The second-order valence-corrected chi connectivity index (χ2v) is 11.3. The summed E-state index contributed by atoms with van der Waals surface area (Å²) >= 11 is 0. The number of sulfone groups is 1. The molecule has 0 bridgehead atoms. The van der Waals surface area contributed by atoms with Gasteiger partial charge in [-0.2, -0.15) is 16.8 Å². The lowest BCUT2D eigenvalue weighted by atomic mass is 10.3. The van der Waals surface area contributed by atoms with Gasteiger partial charge in [-0.15, -0.1) is 10.2 Å². The molecule has 0 aliphatic rings. The van der Waals surface area contributed by atoms with Crippen LogP contribution in [0.4, 0.5) is 11.4 Å². The van der Waals surface area contributed by atoms with E-state index in [-0.39, 0.29) is 26.9 Å². The van der Waals surface area contributed by atoms with Gasteiger partial charge in [0.1, 0.15) is 11.4 Å². The second-order valence-electron chi connectivity index (χ2n) is 6.69. The summed E-state index contributed by atoms with van der Waals surface area (Å²) < 4.78 is 90.1. The zero-order valence-electron chi connectivity index (χ0n) is 17.2. The van der Waals surface area contributed by atoms with Gasteiger partial charge in [0.15, 0.2) is 15.5 Å². The Kier molecular flexibility index (Phi) is 7.24. The van der Waals surface area contributed by atoms with Crippen LogP contribution in [0.3, 0.4) is 0 Å². The predicted molar refractivity (Wildman–Crippen MR) is 118 cm³/mol. The molecule has 4 N–H and O–H groups in total. The average molecular weight is 549 g/mol. The minimum atomic E-state index is -4.81. The highest BCUT2D eigenvalue weighted by atomic mass is 32.3. The lowest BCUT2D eigenvalue weighted by Gasteiger charge is -2.05. The molecule has 0 spiro atoms. The maximum Gasteiger partial charge on any atom is 0.397 e. The highest BCUT2D eigenvalue weighted by Crippen LogP contribution is 2.30. The van der Waals surface area contributed by atoms with E-state index >= 15 is 0 Å². The van der Waals surface area contributed by atoms with Crippen LogP contribution in [-0.4, -0.2) is 61.6 Å². The topological polar surface area (TPSA) is 235 Å². The number of H-pyrrole nitrogens is 1. The Balaban J connectivity index is 1.79. The van der Waals surface area contributed by atoms with Crippen LogP contribution in [0.5, 0.6) is 5.75 Å². The van der Waals surface area contributed by atoms with Gasteiger partial charge in [-0.3, -0.25) is 19.0 Å². The van der Waals surface area contributed by atoms with E-state index in [2.05, 4.69) is 19.5 Å². The molecule has 3 rings (SSSR count). The number of nitrogens with zero attached hydrogens (tertiary/aromatic N) is 3. The number of aromatic nitrogens is 2. The molecule has 0 radical (unpaired) electrons. The lowest BCUT2D eigenvalue weighted by molar-refractivity contribution is 0.284. The van der Waals surface area contributed by atoms with Gasteiger partial charge in [0, 0.05) is 6.07 Å². The molecule has 1 aromatic heterocycles. The fraction of sp³-hybridized carbons (Fsp3) is 0.118. The largest absolute Gasteiger partial charge is 0.506 e. The maximum atomic E-state index is 12.5. The van der Waals surface area contributed by atoms with Crippen LogP contribution >= 0.6 is 0 Å². The van der Waals surface area contributed by atoms with Crippen molar-refractivity contribution in [2.24, 2.45) is 10.2 Å². The predicted octanol–water partition coefficient (Wildman–Crippen LogP) is 1.13. The Labute approximate surface area is 197 Å². The first-order valence-corrected chi connectivity index (χ1v) is 13.6. The average Bonchev–Trinajstić information content (AvgIpc) is 3.11. The Hall–Kier alpha value is -3.42. The number of phenolic OH excluding ortho intramolecular Hbond substituents is 1. The van der Waals surface area contributed by atoms with Crippen LogP contribution < -0.4 is 5.56 Å². The molecule has 0 unspecified atom stereocenters. The molecule has 35 heavy (non-hydrogen) atoms. The van der Waals surface area contributed by atoms with Crippen molar-refractivity contribution in [2.45, 2.75) is 9.79 Å². The first kappa shape index (κ1) is 26.2. The van der Waals surface area contributed by atoms with Crippen molar-refractivity contribution in [3.63, 3.8) is 0 Å². The SMILES string of the molecule is O=c1c(N=Nc2ccc(S(=O)(=O)CCOS(=O)(=O)O)cc2O)c[nH]n1-c1ccc(S(=O)(=O)O)cc1. The molecule has 1 heterocycles. The highest BCUT2D eigenvalue weighted by molar-refractivity contribution is 7.91. The molecule has 0 saturated carbocycles. The molecule has 0 amide bonds. The number of aromatic amines is 1. The summed E-state index contributed by atoms with van der Waals surface area (Å²) in [7, 11) is -13.3. The van der Waals surface area contributed by atoms with E-state index in [0.717, 1.165) is 35.0 Å². The number of rotatable bonds is 9. The molecule has 3 aromatic rings. The molecule has 0 aliphatic heterocycles. The number of nitrogens with one attached hydrogen (secondary N) is 1. The summed E-state index contributed by atoms with van der Waals surface area (Å²) in [5, 5.41) is 20.1. The van der Waals surface area contributed by atoms with Crippen LogP contribution in [0.25, 0.3) is 5.69 Å². The Morgan fingerprint density at radius 3 is 2.06 bits per heavy atom. The van der Waals surface area contributed by atoms with Crippen molar-refractivity contribution in [3.8, 4) is 11.4 Å². The molecule has 0 aliphatic carbocycles. The third-order valence-electron chi connectivity index (χ3n) is 4.30. The first-order chi connectivity index (χ1) is 16.2. The fourth-order valence-electron chi connectivity index (χ4n) is 2.65. The second kappa shape index (κ2) is 9.68. The van der Waals surface area contributed by atoms with E-state index in [9.17, 15) is 35.2 Å². The Morgan fingerprint density at radius 1 is 0.886 bits per heavy atom. The summed E-state index contributed by atoms with van der Waals surface area (Å²) in [5.41, 5.74) is -0.866. The van der Waals surface area contributed by atoms with Gasteiger partial charge in [0.25, 0.3) is 15.7 Å². The van der Waals surface area contributed by atoms with Crippen molar-refractivity contribution in [1.29, 1.82) is 0 Å². The Bertz CT molecular complexity index is 1650. The zero-order valence-corrected chi connectivity index (χ0v) is 19.7. The van der Waals surface area contributed by atoms with Crippen molar-refractivity contribution in [2.75, 3.05) is 12.4 Å². The minimum Gasteiger partial charge on any atom is -0.506 e. The van der Waals surface area contributed by atoms with Crippen LogP contribution in [0.2, 0.25) is 0 Å². The van der Waals surface area contributed by atoms with Crippen LogP contribution in [0.15, 0.2) is 73.5 Å². The lowest BCUT2D eigenvalue weighted by Crippen LogP contribution is -2.15. The molecular formula is C17H16N4O11S3. The quantitative estimate of drug-likeness (QED) is 0.218. The maximum absolute atomic E-state index is 12.5. The van der Waals surface area contributed by atoms with Gasteiger partial charge in [-0.05, 0) is 36.4 Å². The minimum absolute atomic E-state index is 0.192. The van der Waals surface area contributed by atoms with E-state index in [0.29, 0.717) is 0 Å². The number of azo groups is 1. The molecule has 0 fully saturated rings. The zero-order chi connectivity index (χ0) is 26.0. The smallest absolute Gasteiger partial charge is 0.397 e. The van der Waals surface area contributed by atoms with E-state index in [1.807, 2.05) is 0 Å². The molecule has 0 atom stereocenters. The summed E-state index contributed by atoms with van der Waals surface area (Å²) in [6.07, 6.45) is 1.17. The van der Waals surface area contributed by atoms with E-state index in [4.69, 9.17) is 9.11 Å². The Morgan fingerprint density at radius 2 is 1.49 bits per heavy atom. The molecule has 2 aromatic carbocycles. The van der Waals surface area contributed by atoms with Crippen molar-refractivity contribution >= 4 is 41.7 Å². The van der Waals surface area contributed by atoms with Gasteiger partial charge in [0.05, 0.1) is 34.0 Å². The first-order valence-electron chi connectivity index (χ1n) is 9.15. The van der Waals surface area contributed by atoms with E-state index < -0.39 is 54.0 Å². The summed E-state index contributed by atoms with van der Waals surface area (Å²) in [5.74, 6) is -1.41. The van der Waals surface area contributed by atoms with Gasteiger partial charge in [-0.25, -0.2) is 17.3 Å². The van der Waals surface area contributed by atoms with Gasteiger partial charge >= 0.3 is 10.4 Å². The number of aromatic hydroxyl groups is 1. The highest BCUT2D eigenvalue weighted by Gasteiger charge is 2.18. The van der Waals surface area contributed by atoms with Crippen LogP contribution in [0, 0.1) is 0 Å². The standard InChI is InChI=1S/C17H16N4O11S3/c22-16-9-13(33(24,25)8-7-32-35(29,30)31)5-6-14(16)19-20-15-10-18-21(17(15)23)11-1-3-12(4-2-11)34(26,27)28/h1-6,9-10,18,22H,7-8H2,(H,26,27,28)(H,29,30,31). The summed E-state index contributed by atoms with van der Waals surface area (Å²) in [6.45, 7) is -0.846. The van der Waals surface area contributed by atoms with Gasteiger partial charge < -0.3 is 5.11 Å². The number of hydrogen-bond acceptors (Lipinski definition) is 11. The van der Waals surface area contributed by atoms with Crippen LogP contribution in [0.1, 0.15) is 0 Å². The molecule has 15 nitrogen and oxygen atoms in total. The normalized spacial score (nSPS) is 12.9.